The van der Waals surface area contributed by atoms with Crippen LogP contribution in [0.4, 0.5) is 0 Å². The van der Waals surface area contributed by atoms with Crippen LogP contribution >= 0.6 is 15.9 Å². The van der Waals surface area contributed by atoms with E-state index in [-0.39, 0.29) is 11.9 Å². The summed E-state index contributed by atoms with van der Waals surface area (Å²) < 4.78 is 6.90. The summed E-state index contributed by atoms with van der Waals surface area (Å²) in [6.45, 7) is 9.64. The monoisotopic (exact) mass is 447 g/mol. The van der Waals surface area contributed by atoms with E-state index in [0.29, 0.717) is 11.3 Å². The van der Waals surface area contributed by atoms with Gasteiger partial charge in [-0.15, -0.1) is 0 Å². The molecule has 5 heteroatoms. The number of carbonyl (C=O) groups is 2. The largest absolute Gasteiger partial charge is 0.427 e. The third-order valence-electron chi connectivity index (χ3n) is 5.70. The normalized spacial score (nSPS) is 19.1. The van der Waals surface area contributed by atoms with Crippen LogP contribution < -0.4 is 5.32 Å². The summed E-state index contributed by atoms with van der Waals surface area (Å²) in [4.78, 5) is 26.0. The summed E-state index contributed by atoms with van der Waals surface area (Å²) in [7, 11) is 0. The number of halogens is 1. The highest BCUT2D eigenvalue weighted by molar-refractivity contribution is 9.10. The molecule has 152 valence electrons. The first-order chi connectivity index (χ1) is 13.1. The Balaban J connectivity index is 2.23. The van der Waals surface area contributed by atoms with E-state index in [1.165, 1.54) is 0 Å². The summed E-state index contributed by atoms with van der Waals surface area (Å²) in [5.41, 5.74) is 2.37. The fraction of sp³-hybridized carbons (Fsp3) is 0.565. The van der Waals surface area contributed by atoms with E-state index in [1.807, 2.05) is 33.8 Å². The van der Waals surface area contributed by atoms with Crippen LogP contribution in [0.5, 0.6) is 0 Å². The van der Waals surface area contributed by atoms with Crippen molar-refractivity contribution in [3.05, 3.63) is 39.1 Å². The number of hydrogen-bond donors (Lipinski definition) is 1. The summed E-state index contributed by atoms with van der Waals surface area (Å²) in [5.74, 6) is 0.0805. The van der Waals surface area contributed by atoms with Gasteiger partial charge < -0.3 is 10.1 Å². The van der Waals surface area contributed by atoms with Gasteiger partial charge in [0.2, 0.25) is 0 Å². The molecule has 0 aromatic heterocycles. The van der Waals surface area contributed by atoms with Gasteiger partial charge in [-0.1, -0.05) is 48.2 Å². The highest BCUT2D eigenvalue weighted by Crippen LogP contribution is 2.46. The number of nitrogens with one attached hydrogen (secondary N) is 1. The second-order valence-electron chi connectivity index (χ2n) is 9.07. The van der Waals surface area contributed by atoms with Crippen LogP contribution in [-0.4, -0.2) is 17.4 Å². The number of rotatable bonds is 3. The number of esters is 1. The molecule has 1 N–H and O–H groups in total. The number of aryl methyl sites for hydroxylation is 2. The van der Waals surface area contributed by atoms with E-state index in [9.17, 15) is 9.59 Å². The number of amides is 1. The van der Waals surface area contributed by atoms with Crippen molar-refractivity contribution in [2.75, 3.05) is 0 Å². The average molecular weight is 448 g/mol. The maximum atomic E-state index is 13.2. The van der Waals surface area contributed by atoms with Crippen molar-refractivity contribution in [1.82, 2.24) is 5.32 Å². The van der Waals surface area contributed by atoms with Gasteiger partial charge in [0.25, 0.3) is 5.91 Å². The first kappa shape index (κ1) is 21.1. The van der Waals surface area contributed by atoms with Crippen LogP contribution in [-0.2, 0) is 20.7 Å². The molecule has 1 amide bonds. The van der Waals surface area contributed by atoms with Crippen molar-refractivity contribution in [2.24, 2.45) is 5.41 Å². The molecule has 0 bridgehead atoms. The van der Waals surface area contributed by atoms with Crippen molar-refractivity contribution >= 4 is 33.4 Å². The lowest BCUT2D eigenvalue weighted by Crippen LogP contribution is -2.47. The van der Waals surface area contributed by atoms with Crippen molar-refractivity contribution in [2.45, 2.75) is 78.7 Å². The minimum Gasteiger partial charge on any atom is -0.427 e. The molecule has 3 rings (SSSR count). The third kappa shape index (κ3) is 3.78. The van der Waals surface area contributed by atoms with E-state index >= 15 is 0 Å². The molecule has 1 aliphatic heterocycles. The van der Waals surface area contributed by atoms with E-state index in [1.54, 1.807) is 0 Å². The second kappa shape index (κ2) is 7.66. The first-order valence-corrected chi connectivity index (χ1v) is 11.0. The smallest absolute Gasteiger partial charge is 0.316 e. The highest BCUT2D eigenvalue weighted by atomic mass is 79.9. The van der Waals surface area contributed by atoms with Gasteiger partial charge in [0, 0.05) is 10.0 Å². The molecular weight excluding hydrogens is 418 g/mol. The van der Waals surface area contributed by atoms with Gasteiger partial charge in [-0.3, -0.25) is 9.59 Å². The summed E-state index contributed by atoms with van der Waals surface area (Å²) >= 11 is 3.67. The van der Waals surface area contributed by atoms with E-state index in [0.717, 1.165) is 59.7 Å². The number of hydrogen-bond acceptors (Lipinski definition) is 3. The zero-order chi connectivity index (χ0) is 20.7. The molecule has 1 aliphatic carbocycles. The second-order valence-corrected chi connectivity index (χ2v) is 9.93. The zero-order valence-electron chi connectivity index (χ0n) is 17.5. The fourth-order valence-corrected chi connectivity index (χ4v) is 4.99. The molecule has 0 unspecified atom stereocenters. The summed E-state index contributed by atoms with van der Waals surface area (Å²) in [5, 5.41) is 3.21. The van der Waals surface area contributed by atoms with Gasteiger partial charge in [-0.25, -0.2) is 0 Å². The lowest BCUT2D eigenvalue weighted by molar-refractivity contribution is -0.149. The quantitative estimate of drug-likeness (QED) is 0.626. The summed E-state index contributed by atoms with van der Waals surface area (Å²) in [6, 6.07) is 4.12. The topological polar surface area (TPSA) is 55.4 Å². The Hall–Kier alpha value is -1.62. The molecule has 1 heterocycles. The molecule has 0 saturated heterocycles. The predicted molar refractivity (Wildman–Crippen MR) is 115 cm³/mol. The predicted octanol–water partition coefficient (Wildman–Crippen LogP) is 5.45. The Morgan fingerprint density at radius 1 is 1.21 bits per heavy atom. The zero-order valence-corrected chi connectivity index (χ0v) is 19.1. The standard InChI is InChI=1S/C23H30BrNO3/c1-6-15-12-14(2)13-16(24)17(15)18-19(28-21(27)22(3,4)5)23(25-20(18)26)10-8-7-9-11-23/h12-13H,6-11H2,1-5H3,(H,25,26). The van der Waals surface area contributed by atoms with Crippen molar-refractivity contribution < 1.29 is 14.3 Å². The Morgan fingerprint density at radius 3 is 2.43 bits per heavy atom. The molecule has 1 fully saturated rings. The molecular formula is C23H30BrNO3. The Kier molecular flexibility index (Phi) is 5.77. The number of benzene rings is 1. The van der Waals surface area contributed by atoms with Gasteiger partial charge in [0.05, 0.1) is 16.5 Å². The molecule has 1 spiro atoms. The first-order valence-electron chi connectivity index (χ1n) is 10.2. The molecule has 2 aliphatic rings. The maximum Gasteiger partial charge on any atom is 0.316 e. The molecule has 1 aromatic carbocycles. The van der Waals surface area contributed by atoms with Gasteiger partial charge in [-0.2, -0.15) is 0 Å². The summed E-state index contributed by atoms with van der Waals surface area (Å²) in [6.07, 6.45) is 5.57. The van der Waals surface area contributed by atoms with E-state index in [4.69, 9.17) is 4.74 Å². The van der Waals surface area contributed by atoms with Crippen LogP contribution in [0.3, 0.4) is 0 Å². The SMILES string of the molecule is CCc1cc(C)cc(Br)c1C1=C(OC(=O)C(C)(C)C)C2(CCCCC2)NC1=O. The maximum absolute atomic E-state index is 13.2. The van der Waals surface area contributed by atoms with Crippen molar-refractivity contribution in [3.63, 3.8) is 0 Å². The van der Waals surface area contributed by atoms with Crippen LogP contribution in [0.25, 0.3) is 5.57 Å². The van der Waals surface area contributed by atoms with Gasteiger partial charge >= 0.3 is 5.97 Å². The van der Waals surface area contributed by atoms with E-state index in [2.05, 4.69) is 34.2 Å². The van der Waals surface area contributed by atoms with Crippen LogP contribution in [0.1, 0.15) is 76.5 Å². The highest BCUT2D eigenvalue weighted by Gasteiger charge is 2.49. The lowest BCUT2D eigenvalue weighted by Gasteiger charge is -2.35. The molecule has 4 nitrogen and oxygen atoms in total. The fourth-order valence-electron chi connectivity index (χ4n) is 4.18. The van der Waals surface area contributed by atoms with E-state index < -0.39 is 11.0 Å². The van der Waals surface area contributed by atoms with Gasteiger partial charge in [0.1, 0.15) is 5.76 Å². The minimum atomic E-state index is -0.641. The molecule has 1 aromatic rings. The van der Waals surface area contributed by atoms with Crippen molar-refractivity contribution in [1.29, 1.82) is 0 Å². The van der Waals surface area contributed by atoms with Crippen molar-refractivity contribution in [3.8, 4) is 0 Å². The third-order valence-corrected chi connectivity index (χ3v) is 6.33. The van der Waals surface area contributed by atoms with Gasteiger partial charge in [-0.05, 0) is 64.2 Å². The Labute approximate surface area is 176 Å². The van der Waals surface area contributed by atoms with Gasteiger partial charge in [0.15, 0.2) is 0 Å². The molecule has 0 radical (unpaired) electrons. The van der Waals surface area contributed by atoms with Crippen LogP contribution in [0, 0.1) is 12.3 Å². The Bertz CT molecular complexity index is 842. The minimum absolute atomic E-state index is 0.141. The number of ether oxygens (including phenoxy) is 1. The van der Waals surface area contributed by atoms with Crippen LogP contribution in [0.15, 0.2) is 22.4 Å². The number of carbonyl (C=O) groups excluding carboxylic acids is 2. The molecule has 0 atom stereocenters. The molecule has 28 heavy (non-hydrogen) atoms. The Morgan fingerprint density at radius 2 is 1.86 bits per heavy atom. The lowest BCUT2D eigenvalue weighted by atomic mass is 9.80. The van der Waals surface area contributed by atoms with Crippen LogP contribution in [0.2, 0.25) is 0 Å². The molecule has 1 saturated carbocycles. The average Bonchev–Trinajstić information content (AvgIpc) is 2.85.